The predicted octanol–water partition coefficient (Wildman–Crippen LogP) is 3.80. The average Bonchev–Trinajstić information content (AvgIpc) is 3.31. The molecular weight excluding hydrogens is 452 g/mol. The van der Waals surface area contributed by atoms with Crippen molar-refractivity contribution >= 4 is 45.7 Å². The lowest BCUT2D eigenvalue weighted by Gasteiger charge is -2.13. The second kappa shape index (κ2) is 9.12. The third-order valence-corrected chi connectivity index (χ3v) is 5.69. The second-order valence-corrected chi connectivity index (χ2v) is 8.46. The summed E-state index contributed by atoms with van der Waals surface area (Å²) in [6.07, 6.45) is 4.91. The highest BCUT2D eigenvalue weighted by molar-refractivity contribution is 6.32. The number of nitrogens with zero attached hydrogens (tertiary/aromatic N) is 6. The molecule has 2 N–H and O–H groups in total. The Bertz CT molecular complexity index is 1520. The first-order chi connectivity index (χ1) is 16.5. The summed E-state index contributed by atoms with van der Waals surface area (Å²) in [4.78, 5) is 28.9. The number of nitrogens with one attached hydrogen (secondary N) is 2. The Morgan fingerprint density at radius 1 is 1.03 bits per heavy atom. The minimum atomic E-state index is -0.290. The SMILES string of the molecule is CN(C)CCNc1ccc(Nc2ncc3c(=O)n(-c4ccccc4Cl)c4nccn4c3n2)cc1. The van der Waals surface area contributed by atoms with Crippen molar-refractivity contribution < 1.29 is 0 Å². The van der Waals surface area contributed by atoms with Gasteiger partial charge in [0.15, 0.2) is 5.65 Å². The van der Waals surface area contributed by atoms with E-state index < -0.39 is 0 Å². The van der Waals surface area contributed by atoms with Gasteiger partial charge in [-0.05, 0) is 50.5 Å². The van der Waals surface area contributed by atoms with Gasteiger partial charge in [0.25, 0.3) is 5.56 Å². The fraction of sp³-hybridized carbons (Fsp3) is 0.167. The molecule has 0 aliphatic carbocycles. The number of likely N-dealkylation sites (N-methyl/N-ethyl adjacent to an activating group) is 1. The van der Waals surface area contributed by atoms with Crippen LogP contribution in [0.5, 0.6) is 0 Å². The number of aromatic nitrogens is 5. The lowest BCUT2D eigenvalue weighted by molar-refractivity contribution is 0.425. The fourth-order valence-corrected chi connectivity index (χ4v) is 3.90. The van der Waals surface area contributed by atoms with Crippen LogP contribution in [-0.2, 0) is 0 Å². The quantitative estimate of drug-likeness (QED) is 0.370. The summed E-state index contributed by atoms with van der Waals surface area (Å²) < 4.78 is 3.23. The van der Waals surface area contributed by atoms with Crippen LogP contribution < -0.4 is 16.2 Å². The summed E-state index contributed by atoms with van der Waals surface area (Å²) in [5.41, 5.74) is 2.59. The summed E-state index contributed by atoms with van der Waals surface area (Å²) >= 11 is 6.37. The van der Waals surface area contributed by atoms with Gasteiger partial charge in [-0.15, -0.1) is 0 Å². The third-order valence-electron chi connectivity index (χ3n) is 5.37. The normalized spacial score (nSPS) is 11.4. The van der Waals surface area contributed by atoms with Crippen molar-refractivity contribution in [2.45, 2.75) is 0 Å². The highest BCUT2D eigenvalue weighted by Gasteiger charge is 2.17. The predicted molar refractivity (Wildman–Crippen MR) is 136 cm³/mol. The molecule has 0 saturated heterocycles. The van der Waals surface area contributed by atoms with Gasteiger partial charge in [0, 0.05) is 43.1 Å². The molecule has 0 atom stereocenters. The van der Waals surface area contributed by atoms with Crippen molar-refractivity contribution in [3.8, 4) is 5.69 Å². The zero-order valence-corrected chi connectivity index (χ0v) is 19.5. The largest absolute Gasteiger partial charge is 0.384 e. The lowest BCUT2D eigenvalue weighted by Crippen LogP contribution is -2.22. The minimum absolute atomic E-state index is 0.290. The number of rotatable bonds is 7. The highest BCUT2D eigenvalue weighted by atomic mass is 35.5. The first-order valence-corrected chi connectivity index (χ1v) is 11.1. The Morgan fingerprint density at radius 2 is 1.79 bits per heavy atom. The Balaban J connectivity index is 1.48. The van der Waals surface area contributed by atoms with Gasteiger partial charge in [0.2, 0.25) is 11.7 Å². The summed E-state index contributed by atoms with van der Waals surface area (Å²) in [7, 11) is 4.09. The molecule has 2 aromatic carbocycles. The van der Waals surface area contributed by atoms with E-state index in [2.05, 4.69) is 30.5 Å². The van der Waals surface area contributed by atoms with Crippen molar-refractivity contribution in [1.82, 2.24) is 28.8 Å². The molecule has 0 aliphatic heterocycles. The van der Waals surface area contributed by atoms with E-state index in [-0.39, 0.29) is 5.56 Å². The summed E-state index contributed by atoms with van der Waals surface area (Å²) in [6.45, 7) is 1.81. The monoisotopic (exact) mass is 474 g/mol. The van der Waals surface area contributed by atoms with Crippen LogP contribution >= 0.6 is 11.6 Å². The number of anilines is 3. The van der Waals surface area contributed by atoms with Crippen LogP contribution in [0.2, 0.25) is 5.02 Å². The molecule has 172 valence electrons. The van der Waals surface area contributed by atoms with Crippen LogP contribution in [-0.4, -0.2) is 56.0 Å². The van der Waals surface area contributed by atoms with E-state index in [1.165, 1.54) is 10.8 Å². The third kappa shape index (κ3) is 4.18. The number of imidazole rings is 1. The zero-order valence-electron chi connectivity index (χ0n) is 18.7. The zero-order chi connectivity index (χ0) is 23.7. The van der Waals surface area contributed by atoms with Crippen LogP contribution in [0.15, 0.2) is 71.9 Å². The van der Waals surface area contributed by atoms with Crippen LogP contribution in [0.3, 0.4) is 0 Å². The van der Waals surface area contributed by atoms with E-state index in [9.17, 15) is 4.79 Å². The average molecular weight is 475 g/mol. The molecule has 34 heavy (non-hydrogen) atoms. The molecule has 0 bridgehead atoms. The number of para-hydroxylation sites is 1. The molecule has 5 aromatic rings. The number of hydrogen-bond acceptors (Lipinski definition) is 7. The van der Waals surface area contributed by atoms with Crippen molar-refractivity contribution in [2.24, 2.45) is 0 Å². The Labute approximate surface area is 200 Å². The van der Waals surface area contributed by atoms with Gasteiger partial charge in [0.05, 0.1) is 10.7 Å². The van der Waals surface area contributed by atoms with E-state index in [4.69, 9.17) is 11.6 Å². The molecular formula is C24H23ClN8O. The summed E-state index contributed by atoms with van der Waals surface area (Å²) in [5, 5.41) is 7.40. The molecule has 5 rings (SSSR count). The Kier molecular flexibility index (Phi) is 5.87. The lowest BCUT2D eigenvalue weighted by atomic mass is 10.3. The van der Waals surface area contributed by atoms with Gasteiger partial charge >= 0.3 is 0 Å². The van der Waals surface area contributed by atoms with Crippen molar-refractivity contribution in [1.29, 1.82) is 0 Å². The van der Waals surface area contributed by atoms with Gasteiger partial charge in [-0.2, -0.15) is 4.98 Å². The van der Waals surface area contributed by atoms with Gasteiger partial charge in [-0.3, -0.25) is 9.20 Å². The van der Waals surface area contributed by atoms with Crippen LogP contribution in [0, 0.1) is 0 Å². The molecule has 0 aliphatic rings. The first kappa shape index (κ1) is 21.9. The minimum Gasteiger partial charge on any atom is -0.384 e. The molecule has 9 nitrogen and oxygen atoms in total. The number of hydrogen-bond donors (Lipinski definition) is 2. The number of halogens is 1. The van der Waals surface area contributed by atoms with E-state index in [0.717, 1.165) is 24.5 Å². The molecule has 0 radical (unpaired) electrons. The molecule has 3 heterocycles. The van der Waals surface area contributed by atoms with E-state index in [0.29, 0.717) is 33.5 Å². The molecule has 0 fully saturated rings. The fourth-order valence-electron chi connectivity index (χ4n) is 3.68. The smallest absolute Gasteiger partial charge is 0.270 e. The van der Waals surface area contributed by atoms with Gasteiger partial charge in [-0.1, -0.05) is 23.7 Å². The van der Waals surface area contributed by atoms with E-state index in [1.807, 2.05) is 50.5 Å². The highest BCUT2D eigenvalue weighted by Crippen LogP contribution is 2.23. The molecule has 0 saturated carbocycles. The molecule has 0 spiro atoms. The van der Waals surface area contributed by atoms with Crippen LogP contribution in [0.1, 0.15) is 0 Å². The topological polar surface area (TPSA) is 92.4 Å². The van der Waals surface area contributed by atoms with Gasteiger partial charge < -0.3 is 15.5 Å². The number of benzene rings is 2. The van der Waals surface area contributed by atoms with E-state index in [1.54, 1.807) is 28.9 Å². The standard InChI is InChI=1S/C24H23ClN8O/c1-31(2)13-11-26-16-7-9-17(10-8-16)29-23-28-15-18-21(30-23)32-14-12-27-24(32)33(22(18)34)20-6-4-3-5-19(20)25/h3-10,12,14-15,26H,11,13H2,1-2H3,(H,28,29,30). The molecule has 3 aromatic heterocycles. The van der Waals surface area contributed by atoms with E-state index >= 15 is 0 Å². The molecule has 10 heteroatoms. The Hall–Kier alpha value is -3.95. The summed E-state index contributed by atoms with van der Waals surface area (Å²) in [6, 6.07) is 15.0. The maximum Gasteiger partial charge on any atom is 0.270 e. The maximum absolute atomic E-state index is 13.4. The second-order valence-electron chi connectivity index (χ2n) is 8.05. The van der Waals surface area contributed by atoms with Crippen molar-refractivity contribution in [2.75, 3.05) is 37.8 Å². The molecule has 0 unspecified atom stereocenters. The summed E-state index contributed by atoms with van der Waals surface area (Å²) in [5.74, 6) is 0.800. The molecule has 0 amide bonds. The maximum atomic E-state index is 13.4. The van der Waals surface area contributed by atoms with Crippen LogP contribution in [0.25, 0.3) is 22.5 Å². The van der Waals surface area contributed by atoms with Crippen molar-refractivity contribution in [3.05, 3.63) is 82.5 Å². The van der Waals surface area contributed by atoms with Crippen LogP contribution in [0.4, 0.5) is 17.3 Å². The number of fused-ring (bicyclic) bond motifs is 3. The Morgan fingerprint density at radius 3 is 2.56 bits per heavy atom. The first-order valence-electron chi connectivity index (χ1n) is 10.8. The van der Waals surface area contributed by atoms with Gasteiger partial charge in [-0.25, -0.2) is 14.5 Å². The van der Waals surface area contributed by atoms with Crippen molar-refractivity contribution in [3.63, 3.8) is 0 Å². The van der Waals surface area contributed by atoms with Gasteiger partial charge in [0.1, 0.15) is 5.39 Å².